The fourth-order valence-corrected chi connectivity index (χ4v) is 5.64. The molecule has 10 heteroatoms. The molecular formula is C26H30N6O3S. The van der Waals surface area contributed by atoms with Crippen LogP contribution < -0.4 is 0 Å². The number of aromatic nitrogens is 6. The first kappa shape index (κ1) is 25.6. The summed E-state index contributed by atoms with van der Waals surface area (Å²) in [5, 5.41) is 7.85. The molecule has 1 aromatic carbocycles. The molecule has 0 amide bonds. The van der Waals surface area contributed by atoms with Crippen molar-refractivity contribution >= 4 is 9.84 Å². The van der Waals surface area contributed by atoms with Gasteiger partial charge in [0.25, 0.3) is 0 Å². The van der Waals surface area contributed by atoms with Gasteiger partial charge in [-0.2, -0.15) is 0 Å². The minimum absolute atomic E-state index is 0.315. The van der Waals surface area contributed by atoms with Crippen LogP contribution in [0.25, 0.3) is 17.1 Å². The topological polar surface area (TPSA) is 113 Å². The van der Waals surface area contributed by atoms with Crippen LogP contribution in [-0.2, 0) is 20.3 Å². The van der Waals surface area contributed by atoms with Gasteiger partial charge < -0.3 is 4.74 Å². The number of benzene rings is 1. The molecule has 3 heterocycles. The van der Waals surface area contributed by atoms with Crippen LogP contribution in [0.15, 0.2) is 49.1 Å². The maximum Gasteiger partial charge on any atom is 0.170 e. The Hall–Kier alpha value is -3.50. The summed E-state index contributed by atoms with van der Waals surface area (Å²) < 4.78 is 34.7. The molecule has 2 atom stereocenters. The normalized spacial score (nSPS) is 13.5. The standard InChI is InChI=1S/C26H30N6O3S/c1-16-10-21(14-27-11-16)26-31-30-22(32(26)23-18(3)8-7-9-19(23)4)15-36(33,34)20(5)24(35-6)25-28-12-17(2)13-29-25/h7-14,20,24H,15H2,1-6H3/t20-,24-/m0/s1. The van der Waals surface area contributed by atoms with Crippen LogP contribution in [0.1, 0.15) is 46.9 Å². The third-order valence-electron chi connectivity index (χ3n) is 6.16. The number of sulfone groups is 1. The number of nitrogens with zero attached hydrogens (tertiary/aromatic N) is 6. The van der Waals surface area contributed by atoms with Gasteiger partial charge in [0.15, 0.2) is 27.3 Å². The number of pyridine rings is 1. The molecule has 9 nitrogen and oxygen atoms in total. The van der Waals surface area contributed by atoms with E-state index in [1.165, 1.54) is 7.11 Å². The molecule has 0 spiro atoms. The predicted octanol–water partition coefficient (Wildman–Crippen LogP) is 4.04. The maximum absolute atomic E-state index is 13.7. The van der Waals surface area contributed by atoms with Crippen LogP contribution in [0.4, 0.5) is 0 Å². The fraction of sp³-hybridized carbons (Fsp3) is 0.346. The third-order valence-corrected chi connectivity index (χ3v) is 8.20. The van der Waals surface area contributed by atoms with Crippen LogP contribution in [-0.4, -0.2) is 50.5 Å². The van der Waals surface area contributed by atoms with E-state index < -0.39 is 21.2 Å². The Morgan fingerprint density at radius 2 is 1.61 bits per heavy atom. The Morgan fingerprint density at radius 1 is 0.944 bits per heavy atom. The second kappa shape index (κ2) is 10.2. The van der Waals surface area contributed by atoms with Gasteiger partial charge in [-0.25, -0.2) is 18.4 Å². The Labute approximate surface area is 211 Å². The quantitative estimate of drug-likeness (QED) is 0.352. The van der Waals surface area contributed by atoms with E-state index >= 15 is 0 Å². The average molecular weight is 507 g/mol. The van der Waals surface area contributed by atoms with Gasteiger partial charge >= 0.3 is 0 Å². The van der Waals surface area contributed by atoms with Crippen molar-refractivity contribution in [1.29, 1.82) is 0 Å². The molecule has 0 saturated carbocycles. The lowest BCUT2D eigenvalue weighted by atomic mass is 10.1. The van der Waals surface area contributed by atoms with Gasteiger partial charge in [-0.15, -0.1) is 10.2 Å². The largest absolute Gasteiger partial charge is 0.372 e. The van der Waals surface area contributed by atoms with Gasteiger partial charge in [0.1, 0.15) is 11.9 Å². The van der Waals surface area contributed by atoms with E-state index in [0.717, 1.165) is 33.5 Å². The van der Waals surface area contributed by atoms with E-state index in [-0.39, 0.29) is 5.75 Å². The van der Waals surface area contributed by atoms with Crippen molar-refractivity contribution in [3.63, 3.8) is 0 Å². The first-order chi connectivity index (χ1) is 17.1. The molecule has 4 aromatic rings. The predicted molar refractivity (Wildman–Crippen MR) is 137 cm³/mol. The maximum atomic E-state index is 13.7. The van der Waals surface area contributed by atoms with E-state index in [4.69, 9.17) is 4.74 Å². The summed E-state index contributed by atoms with van der Waals surface area (Å²) >= 11 is 0. The molecule has 0 saturated heterocycles. The molecule has 0 unspecified atom stereocenters. The molecule has 3 aromatic heterocycles. The highest BCUT2D eigenvalue weighted by atomic mass is 32.2. The molecule has 0 fully saturated rings. The van der Waals surface area contributed by atoms with Gasteiger partial charge in [0.2, 0.25) is 0 Å². The highest BCUT2D eigenvalue weighted by molar-refractivity contribution is 7.91. The lowest BCUT2D eigenvalue weighted by Crippen LogP contribution is -2.30. The molecule has 4 rings (SSSR count). The van der Waals surface area contributed by atoms with Crippen molar-refractivity contribution in [2.75, 3.05) is 7.11 Å². The summed E-state index contributed by atoms with van der Waals surface area (Å²) in [4.78, 5) is 12.9. The summed E-state index contributed by atoms with van der Waals surface area (Å²) in [5.74, 6) is 0.837. The zero-order chi connectivity index (χ0) is 26.0. The minimum atomic E-state index is -3.76. The van der Waals surface area contributed by atoms with Gasteiger partial charge in [-0.3, -0.25) is 9.55 Å². The van der Waals surface area contributed by atoms with Crippen molar-refractivity contribution in [2.45, 2.75) is 51.7 Å². The zero-order valence-corrected chi connectivity index (χ0v) is 22.1. The number of aryl methyl sites for hydroxylation is 4. The lowest BCUT2D eigenvalue weighted by molar-refractivity contribution is 0.0947. The van der Waals surface area contributed by atoms with E-state index in [1.807, 2.05) is 56.5 Å². The molecular weight excluding hydrogens is 476 g/mol. The van der Waals surface area contributed by atoms with Gasteiger partial charge in [-0.1, -0.05) is 18.2 Å². The summed E-state index contributed by atoms with van der Waals surface area (Å²) in [5.41, 5.74) is 5.40. The highest BCUT2D eigenvalue weighted by Crippen LogP contribution is 2.30. The second-order valence-corrected chi connectivity index (χ2v) is 11.4. The fourth-order valence-electron chi connectivity index (χ4n) is 4.22. The molecule has 36 heavy (non-hydrogen) atoms. The molecule has 0 aliphatic carbocycles. The highest BCUT2D eigenvalue weighted by Gasteiger charge is 2.35. The number of hydrogen-bond donors (Lipinski definition) is 0. The number of methoxy groups -OCH3 is 1. The Morgan fingerprint density at radius 3 is 2.22 bits per heavy atom. The summed E-state index contributed by atoms with van der Waals surface area (Å²) in [7, 11) is -2.30. The van der Waals surface area contributed by atoms with Gasteiger partial charge in [-0.05, 0) is 62.9 Å². The molecule has 0 aliphatic heterocycles. The van der Waals surface area contributed by atoms with E-state index in [9.17, 15) is 8.42 Å². The number of para-hydroxylation sites is 1. The van der Waals surface area contributed by atoms with Crippen molar-refractivity contribution in [2.24, 2.45) is 0 Å². The molecule has 0 aliphatic rings. The second-order valence-electron chi connectivity index (χ2n) is 9.05. The number of hydrogen-bond acceptors (Lipinski definition) is 8. The van der Waals surface area contributed by atoms with Crippen LogP contribution in [0, 0.1) is 27.7 Å². The first-order valence-corrected chi connectivity index (χ1v) is 13.3. The van der Waals surface area contributed by atoms with Crippen molar-refractivity contribution in [3.05, 3.63) is 83.0 Å². The SMILES string of the molecule is CO[C@H](c1ncc(C)cn1)[C@H](C)S(=O)(=O)Cc1nnc(-c2cncc(C)c2)n1-c1c(C)cccc1C. The minimum Gasteiger partial charge on any atom is -0.372 e. The monoisotopic (exact) mass is 506 g/mol. The summed E-state index contributed by atoms with van der Waals surface area (Å²) in [6.45, 7) is 9.39. The Bertz CT molecular complexity index is 1460. The third kappa shape index (κ3) is 5.05. The Balaban J connectivity index is 1.80. The van der Waals surface area contributed by atoms with Crippen molar-refractivity contribution in [1.82, 2.24) is 29.7 Å². The lowest BCUT2D eigenvalue weighted by Gasteiger charge is -2.22. The van der Waals surface area contributed by atoms with E-state index in [1.54, 1.807) is 31.7 Å². The van der Waals surface area contributed by atoms with Crippen LogP contribution in [0.2, 0.25) is 0 Å². The van der Waals surface area contributed by atoms with Gasteiger partial charge in [0, 0.05) is 37.5 Å². The van der Waals surface area contributed by atoms with Crippen LogP contribution in [0.5, 0.6) is 0 Å². The molecule has 0 radical (unpaired) electrons. The summed E-state index contributed by atoms with van der Waals surface area (Å²) in [6.07, 6.45) is 5.93. The van der Waals surface area contributed by atoms with Crippen molar-refractivity contribution in [3.8, 4) is 17.1 Å². The van der Waals surface area contributed by atoms with E-state index in [0.29, 0.717) is 17.5 Å². The summed E-state index contributed by atoms with van der Waals surface area (Å²) in [6, 6.07) is 7.89. The number of ether oxygens (including phenoxy) is 1. The molecule has 0 N–H and O–H groups in total. The first-order valence-electron chi connectivity index (χ1n) is 11.6. The van der Waals surface area contributed by atoms with E-state index in [2.05, 4.69) is 25.1 Å². The van der Waals surface area contributed by atoms with Gasteiger partial charge in [0.05, 0.1) is 10.9 Å². The molecule has 0 bridgehead atoms. The van der Waals surface area contributed by atoms with Crippen molar-refractivity contribution < 1.29 is 13.2 Å². The average Bonchev–Trinajstić information content (AvgIpc) is 3.23. The Kier molecular flexibility index (Phi) is 7.28. The molecule has 188 valence electrons. The zero-order valence-electron chi connectivity index (χ0n) is 21.3. The van der Waals surface area contributed by atoms with Crippen LogP contribution >= 0.6 is 0 Å². The smallest absolute Gasteiger partial charge is 0.170 e. The number of rotatable bonds is 8. The van der Waals surface area contributed by atoms with Crippen LogP contribution in [0.3, 0.4) is 0 Å².